The first kappa shape index (κ1) is 19.6. The van der Waals surface area contributed by atoms with Crippen LogP contribution in [0.15, 0.2) is 11.5 Å². The van der Waals surface area contributed by atoms with E-state index in [0.29, 0.717) is 6.04 Å². The van der Waals surface area contributed by atoms with E-state index in [9.17, 15) is 0 Å². The molecule has 0 saturated carbocycles. The fraction of sp³-hybridized carbons (Fsp3) is 0.882. The van der Waals surface area contributed by atoms with Crippen molar-refractivity contribution in [3.8, 4) is 0 Å². The lowest BCUT2D eigenvalue weighted by molar-refractivity contribution is 0.427. The van der Waals surface area contributed by atoms with Crippen molar-refractivity contribution in [2.75, 3.05) is 57.3 Å². The van der Waals surface area contributed by atoms with Gasteiger partial charge in [-0.1, -0.05) is 18.9 Å². The maximum atomic E-state index is 3.74. The van der Waals surface area contributed by atoms with Gasteiger partial charge in [0.2, 0.25) is 0 Å². The molecule has 2 heterocycles. The van der Waals surface area contributed by atoms with Crippen molar-refractivity contribution in [1.29, 1.82) is 0 Å². The lowest BCUT2D eigenvalue weighted by Crippen LogP contribution is -2.43. The third kappa shape index (κ3) is 9.99. The Morgan fingerprint density at radius 2 is 1.74 bits per heavy atom. The molecule has 0 aliphatic carbocycles. The maximum absolute atomic E-state index is 3.74. The fourth-order valence-electron chi connectivity index (χ4n) is 2.97. The van der Waals surface area contributed by atoms with Crippen molar-refractivity contribution < 1.29 is 0 Å². The van der Waals surface area contributed by atoms with E-state index in [1.807, 2.05) is 0 Å². The standard InChI is InChI=1S/C17H36N4S2/c1-2-4-6-17-16-20-8-7-18-11-13-22-23(14-5-3-1)15-12-19-9-10-21-17/h5,14,17-21,23H,1-4,6-13,15-16H2. The predicted molar refractivity (Wildman–Crippen MR) is 109 cm³/mol. The number of thiol groups is 1. The average Bonchev–Trinajstić information content (AvgIpc) is 2.56. The highest BCUT2D eigenvalue weighted by Crippen LogP contribution is 2.41. The molecule has 136 valence electrons. The van der Waals surface area contributed by atoms with Crippen molar-refractivity contribution in [1.82, 2.24) is 21.3 Å². The van der Waals surface area contributed by atoms with Crippen LogP contribution in [0.4, 0.5) is 0 Å². The van der Waals surface area contributed by atoms with Gasteiger partial charge in [-0.3, -0.25) is 0 Å². The topological polar surface area (TPSA) is 48.1 Å². The van der Waals surface area contributed by atoms with Gasteiger partial charge in [-0.15, -0.1) is 10.8 Å². The van der Waals surface area contributed by atoms with E-state index in [1.54, 1.807) is 0 Å². The molecular weight excluding hydrogens is 324 g/mol. The van der Waals surface area contributed by atoms with Crippen LogP contribution in [0.5, 0.6) is 0 Å². The Bertz CT molecular complexity index is 315. The van der Waals surface area contributed by atoms with Crippen molar-refractivity contribution >= 4 is 20.7 Å². The van der Waals surface area contributed by atoms with E-state index in [2.05, 4.69) is 43.5 Å². The summed E-state index contributed by atoms with van der Waals surface area (Å²) in [5.74, 6) is 2.54. The predicted octanol–water partition coefficient (Wildman–Crippen LogP) is 1.85. The molecule has 2 rings (SSSR count). The van der Waals surface area contributed by atoms with Crippen molar-refractivity contribution in [3.63, 3.8) is 0 Å². The summed E-state index contributed by atoms with van der Waals surface area (Å²) in [6, 6.07) is 0.623. The van der Waals surface area contributed by atoms with Crippen LogP contribution < -0.4 is 21.3 Å². The number of rotatable bonds is 0. The first-order chi connectivity index (χ1) is 11.4. The summed E-state index contributed by atoms with van der Waals surface area (Å²) < 4.78 is 0. The van der Waals surface area contributed by atoms with E-state index in [4.69, 9.17) is 0 Å². The van der Waals surface area contributed by atoms with Gasteiger partial charge in [-0.2, -0.15) is 9.93 Å². The van der Waals surface area contributed by atoms with Crippen LogP contribution in [0, 0.1) is 0 Å². The largest absolute Gasteiger partial charge is 0.315 e. The molecule has 0 spiro atoms. The highest BCUT2D eigenvalue weighted by atomic mass is 33.1. The third-order valence-electron chi connectivity index (χ3n) is 4.34. The first-order valence-corrected chi connectivity index (χ1v) is 12.6. The Hall–Kier alpha value is 0.280. The van der Waals surface area contributed by atoms with Crippen LogP contribution in [0.25, 0.3) is 0 Å². The summed E-state index contributed by atoms with van der Waals surface area (Å²) in [6.07, 6.45) is 9.09. The monoisotopic (exact) mass is 360 g/mol. The molecule has 0 amide bonds. The van der Waals surface area contributed by atoms with Crippen LogP contribution in [0.3, 0.4) is 0 Å². The molecule has 2 aliphatic heterocycles. The normalized spacial score (nSPS) is 32.2. The van der Waals surface area contributed by atoms with E-state index in [1.165, 1.54) is 43.6 Å². The SMILES string of the molecule is C1=C[SH]2CCNCCNC(CCCCC1)CNCCNCCS2. The van der Waals surface area contributed by atoms with Crippen molar-refractivity contribution in [2.24, 2.45) is 0 Å². The van der Waals surface area contributed by atoms with Gasteiger partial charge < -0.3 is 21.3 Å². The van der Waals surface area contributed by atoms with Gasteiger partial charge in [0.25, 0.3) is 0 Å². The van der Waals surface area contributed by atoms with Crippen LogP contribution >= 0.6 is 20.7 Å². The highest BCUT2D eigenvalue weighted by molar-refractivity contribution is 8.86. The summed E-state index contributed by atoms with van der Waals surface area (Å²) >= 11 is 0. The molecular formula is C17H36N4S2. The van der Waals surface area contributed by atoms with Gasteiger partial charge in [0.15, 0.2) is 0 Å². The lowest BCUT2D eigenvalue weighted by Gasteiger charge is -2.21. The van der Waals surface area contributed by atoms with Crippen LogP contribution in [0.1, 0.15) is 32.1 Å². The Kier molecular flexibility index (Phi) is 11.6. The molecule has 6 heteroatoms. The van der Waals surface area contributed by atoms with Gasteiger partial charge in [-0.25, -0.2) is 0 Å². The summed E-state index contributed by atoms with van der Waals surface area (Å²) in [6.45, 7) is 7.73. The number of allylic oxidation sites excluding steroid dienone is 1. The molecule has 2 bridgehead atoms. The van der Waals surface area contributed by atoms with Gasteiger partial charge in [0.05, 0.1) is 0 Å². The Morgan fingerprint density at radius 1 is 0.870 bits per heavy atom. The zero-order valence-electron chi connectivity index (χ0n) is 14.5. The second kappa shape index (κ2) is 13.6. The maximum Gasteiger partial charge on any atom is 0.0193 e. The van der Waals surface area contributed by atoms with Gasteiger partial charge in [0, 0.05) is 57.6 Å². The van der Waals surface area contributed by atoms with Gasteiger partial charge in [-0.05, 0) is 30.4 Å². The highest BCUT2D eigenvalue weighted by Gasteiger charge is 2.08. The molecule has 4 nitrogen and oxygen atoms in total. The van der Waals surface area contributed by atoms with Crippen LogP contribution in [-0.4, -0.2) is 63.4 Å². The smallest absolute Gasteiger partial charge is 0.0193 e. The minimum atomic E-state index is -0.00493. The first-order valence-electron chi connectivity index (χ1n) is 9.37. The zero-order valence-corrected chi connectivity index (χ0v) is 16.2. The lowest BCUT2D eigenvalue weighted by atomic mass is 10.1. The Morgan fingerprint density at radius 3 is 2.74 bits per heavy atom. The van der Waals surface area contributed by atoms with Crippen molar-refractivity contribution in [2.45, 2.75) is 38.1 Å². The van der Waals surface area contributed by atoms with E-state index >= 15 is 0 Å². The van der Waals surface area contributed by atoms with E-state index in [0.717, 1.165) is 45.8 Å². The zero-order chi connectivity index (χ0) is 16.0. The number of fused-ring (bicyclic) bond motifs is 7. The minimum absolute atomic E-state index is 0.00493. The fourth-order valence-corrected chi connectivity index (χ4v) is 6.72. The van der Waals surface area contributed by atoms with E-state index in [-0.39, 0.29) is 9.93 Å². The minimum Gasteiger partial charge on any atom is -0.315 e. The molecule has 2 atom stereocenters. The summed E-state index contributed by atoms with van der Waals surface area (Å²) in [7, 11) is 2.16. The molecule has 1 fully saturated rings. The van der Waals surface area contributed by atoms with Gasteiger partial charge >= 0.3 is 0 Å². The molecule has 0 radical (unpaired) electrons. The molecule has 0 aromatic rings. The molecule has 4 N–H and O–H groups in total. The molecule has 2 aliphatic rings. The van der Waals surface area contributed by atoms with Crippen LogP contribution in [0.2, 0.25) is 0 Å². The second-order valence-electron chi connectivity index (χ2n) is 6.35. The average molecular weight is 361 g/mol. The van der Waals surface area contributed by atoms with E-state index < -0.39 is 0 Å². The number of hydrogen-bond acceptors (Lipinski definition) is 5. The molecule has 0 aromatic carbocycles. The Balaban J connectivity index is 1.92. The summed E-state index contributed by atoms with van der Waals surface area (Å²) in [5.41, 5.74) is 0. The van der Waals surface area contributed by atoms with Gasteiger partial charge in [0.1, 0.15) is 0 Å². The molecule has 0 aromatic heterocycles. The third-order valence-corrected chi connectivity index (χ3v) is 8.73. The van der Waals surface area contributed by atoms with Crippen molar-refractivity contribution in [3.05, 3.63) is 11.5 Å². The number of nitrogens with one attached hydrogen (secondary N) is 4. The molecule has 1 saturated heterocycles. The number of hydrogen-bond donors (Lipinski definition) is 5. The quantitative estimate of drug-likeness (QED) is 0.337. The molecule has 2 unspecified atom stereocenters. The second-order valence-corrected chi connectivity index (χ2v) is 10.8. The van der Waals surface area contributed by atoms with Crippen LogP contribution in [-0.2, 0) is 0 Å². The summed E-state index contributed by atoms with van der Waals surface area (Å²) in [4.78, 5) is 0. The molecule has 23 heavy (non-hydrogen) atoms. The Labute approximate surface area is 149 Å². The summed E-state index contributed by atoms with van der Waals surface area (Å²) in [5, 5.41) is 17.1.